The Kier molecular flexibility index (Phi) is 9.69. The highest BCUT2D eigenvalue weighted by Gasteiger charge is 2.54. The first-order chi connectivity index (χ1) is 24.4. The lowest BCUT2D eigenvalue weighted by Crippen LogP contribution is -2.50. The van der Waals surface area contributed by atoms with Crippen molar-refractivity contribution in [2.45, 2.75) is 102 Å². The highest BCUT2D eigenvalue weighted by molar-refractivity contribution is 5.95. The van der Waals surface area contributed by atoms with Gasteiger partial charge < -0.3 is 20.9 Å². The zero-order chi connectivity index (χ0) is 34.8. The van der Waals surface area contributed by atoms with E-state index in [0.717, 1.165) is 60.8 Å². The SMILES string of the molecule is CCNC(=O)c1ccc2c(c1)CCc1cc(C(=O)NCC)ccc1C2(C[C@H](NCC(=O)N1C(C#N)C[C@@H]2C[C@@H]21)C1CCCCC1)c1nnn[nH]1. The van der Waals surface area contributed by atoms with E-state index in [1.165, 1.54) is 6.42 Å². The van der Waals surface area contributed by atoms with Gasteiger partial charge >= 0.3 is 0 Å². The van der Waals surface area contributed by atoms with Gasteiger partial charge in [-0.25, -0.2) is 5.10 Å². The van der Waals surface area contributed by atoms with Crippen molar-refractivity contribution in [3.05, 3.63) is 75.6 Å². The summed E-state index contributed by atoms with van der Waals surface area (Å²) in [5.74, 6) is 1.07. The van der Waals surface area contributed by atoms with Crippen molar-refractivity contribution in [3.8, 4) is 6.07 Å². The molecule has 4 N–H and O–H groups in total. The van der Waals surface area contributed by atoms with Gasteiger partial charge in [0.1, 0.15) is 6.04 Å². The number of fused-ring (bicyclic) bond motifs is 3. The van der Waals surface area contributed by atoms with Gasteiger partial charge in [-0.1, -0.05) is 31.4 Å². The van der Waals surface area contributed by atoms with Crippen LogP contribution >= 0.6 is 0 Å². The largest absolute Gasteiger partial charge is 0.352 e. The van der Waals surface area contributed by atoms with E-state index in [9.17, 15) is 19.6 Å². The molecule has 3 fully saturated rings. The van der Waals surface area contributed by atoms with Gasteiger partial charge in [0.2, 0.25) is 5.91 Å². The van der Waals surface area contributed by atoms with Gasteiger partial charge in [0.05, 0.1) is 18.0 Å². The molecule has 262 valence electrons. The molecule has 1 saturated heterocycles. The normalized spacial score (nSPS) is 22.7. The molecule has 0 radical (unpaired) electrons. The molecule has 1 aliphatic heterocycles. The summed E-state index contributed by atoms with van der Waals surface area (Å²) in [7, 11) is 0. The topological polar surface area (TPSA) is 169 Å². The molecule has 0 bridgehead atoms. The smallest absolute Gasteiger partial charge is 0.251 e. The molecule has 2 heterocycles. The average Bonchev–Trinajstić information content (AvgIpc) is 3.51. The Labute approximate surface area is 293 Å². The zero-order valence-corrected chi connectivity index (χ0v) is 29.0. The Hall–Kier alpha value is -4.63. The Morgan fingerprint density at radius 2 is 1.60 bits per heavy atom. The number of hydrogen-bond donors (Lipinski definition) is 4. The molecule has 1 aromatic heterocycles. The van der Waals surface area contributed by atoms with Crippen LogP contribution in [0.2, 0.25) is 0 Å². The molecule has 4 atom stereocenters. The second-order valence-corrected chi connectivity index (χ2v) is 14.5. The molecule has 1 unspecified atom stereocenters. The van der Waals surface area contributed by atoms with Crippen molar-refractivity contribution in [3.63, 3.8) is 0 Å². The van der Waals surface area contributed by atoms with Crippen molar-refractivity contribution in [2.75, 3.05) is 19.6 Å². The van der Waals surface area contributed by atoms with E-state index in [1.54, 1.807) is 0 Å². The van der Waals surface area contributed by atoms with E-state index < -0.39 is 5.41 Å². The molecule has 12 heteroatoms. The number of piperidine rings is 1. The Morgan fingerprint density at radius 3 is 2.16 bits per heavy atom. The molecule has 4 aliphatic rings. The number of carbonyl (C=O) groups excluding carboxylic acids is 3. The van der Waals surface area contributed by atoms with Gasteiger partial charge in [-0.2, -0.15) is 5.26 Å². The summed E-state index contributed by atoms with van der Waals surface area (Å²) in [6.45, 7) is 5.02. The van der Waals surface area contributed by atoms with Gasteiger partial charge in [-0.05, 0) is 128 Å². The van der Waals surface area contributed by atoms with E-state index >= 15 is 0 Å². The molecule has 3 aliphatic carbocycles. The first-order valence-electron chi connectivity index (χ1n) is 18.4. The second kappa shape index (κ2) is 14.3. The van der Waals surface area contributed by atoms with Crippen LogP contribution in [0.4, 0.5) is 0 Å². The van der Waals surface area contributed by atoms with Crippen LogP contribution in [0.25, 0.3) is 0 Å². The highest BCUT2D eigenvalue weighted by Crippen LogP contribution is 2.49. The molecule has 3 amide bonds. The summed E-state index contributed by atoms with van der Waals surface area (Å²) < 4.78 is 0. The van der Waals surface area contributed by atoms with Gasteiger partial charge in [0, 0.05) is 36.3 Å². The first-order valence-corrected chi connectivity index (χ1v) is 18.4. The third-order valence-electron chi connectivity index (χ3n) is 11.5. The summed E-state index contributed by atoms with van der Waals surface area (Å²) in [6.07, 6.45) is 9.14. The highest BCUT2D eigenvalue weighted by atomic mass is 16.2. The fourth-order valence-electron chi connectivity index (χ4n) is 9.08. The number of rotatable bonds is 11. The van der Waals surface area contributed by atoms with E-state index in [4.69, 9.17) is 0 Å². The number of aromatic amines is 1. The maximum Gasteiger partial charge on any atom is 0.251 e. The number of amides is 3. The summed E-state index contributed by atoms with van der Waals surface area (Å²) in [6, 6.07) is 13.9. The molecule has 7 rings (SSSR count). The number of carbonyl (C=O) groups is 3. The number of hydrogen-bond acceptors (Lipinski definition) is 8. The number of aryl methyl sites for hydroxylation is 2. The lowest BCUT2D eigenvalue weighted by atomic mass is 9.65. The van der Waals surface area contributed by atoms with E-state index in [2.05, 4.69) is 42.6 Å². The summed E-state index contributed by atoms with van der Waals surface area (Å²) in [5, 5.41) is 35.3. The summed E-state index contributed by atoms with van der Waals surface area (Å²) >= 11 is 0. The van der Waals surface area contributed by atoms with Crippen molar-refractivity contribution in [1.29, 1.82) is 5.26 Å². The zero-order valence-electron chi connectivity index (χ0n) is 29.0. The number of benzene rings is 2. The molecular formula is C38H47N9O3. The van der Waals surface area contributed by atoms with Gasteiger partial charge in [0.15, 0.2) is 5.82 Å². The van der Waals surface area contributed by atoms with E-state index in [-0.39, 0.29) is 42.4 Å². The molecule has 2 aromatic carbocycles. The predicted octanol–water partition coefficient (Wildman–Crippen LogP) is 3.57. The minimum atomic E-state index is -0.882. The minimum Gasteiger partial charge on any atom is -0.352 e. The number of nitrogens with one attached hydrogen (secondary N) is 4. The first kappa shape index (κ1) is 33.8. The van der Waals surface area contributed by atoms with Crippen LogP contribution in [-0.4, -0.2) is 81.0 Å². The van der Waals surface area contributed by atoms with Crippen molar-refractivity contribution >= 4 is 17.7 Å². The fraction of sp³-hybridized carbons (Fsp3) is 0.553. The lowest BCUT2D eigenvalue weighted by molar-refractivity contribution is -0.131. The third kappa shape index (κ3) is 6.28. The fourth-order valence-corrected chi connectivity index (χ4v) is 9.08. The second-order valence-electron chi connectivity index (χ2n) is 14.5. The number of aromatic nitrogens is 4. The number of tetrazole rings is 1. The maximum atomic E-state index is 13.8. The molecule has 2 saturated carbocycles. The predicted molar refractivity (Wildman–Crippen MR) is 186 cm³/mol. The number of nitriles is 1. The molecular weight excluding hydrogens is 630 g/mol. The Morgan fingerprint density at radius 1 is 0.960 bits per heavy atom. The number of H-pyrrole nitrogens is 1. The van der Waals surface area contributed by atoms with E-state index in [0.29, 0.717) is 61.1 Å². The molecule has 50 heavy (non-hydrogen) atoms. The van der Waals surface area contributed by atoms with Crippen LogP contribution in [0.15, 0.2) is 36.4 Å². The van der Waals surface area contributed by atoms with Crippen LogP contribution in [0.1, 0.15) is 114 Å². The summed E-state index contributed by atoms with van der Waals surface area (Å²) in [4.78, 5) is 41.7. The Balaban J connectivity index is 1.34. The summed E-state index contributed by atoms with van der Waals surface area (Å²) in [5.41, 5.74) is 4.36. The standard InChI is InChI=1S/C38H47N9O3/c1-3-40-35(49)26-12-14-30-24(16-26)10-11-25-17-27(36(50)41-4-2)13-15-31(25)38(30,37-43-45-46-44-37)20-32(23-8-6-5-7-9-23)42-22-34(48)47-29(21-39)18-28-19-33(28)47/h12-17,23,28-29,32-33,42H,3-11,18-20,22H2,1-2H3,(H,40,49)(H,41,50)(H,43,44,45,46)/t28-,29?,32+,33+/m1/s1. The minimum absolute atomic E-state index is 0.0161. The van der Waals surface area contributed by atoms with Crippen LogP contribution in [0.5, 0.6) is 0 Å². The molecule has 0 spiro atoms. The van der Waals surface area contributed by atoms with Crippen LogP contribution < -0.4 is 16.0 Å². The van der Waals surface area contributed by atoms with Crippen LogP contribution in [0.3, 0.4) is 0 Å². The molecule has 12 nitrogen and oxygen atoms in total. The Bertz CT molecular complexity index is 1710. The van der Waals surface area contributed by atoms with Crippen LogP contribution in [0, 0.1) is 23.2 Å². The van der Waals surface area contributed by atoms with Gasteiger partial charge in [-0.3, -0.25) is 14.4 Å². The monoisotopic (exact) mass is 677 g/mol. The van der Waals surface area contributed by atoms with Crippen molar-refractivity contribution in [1.82, 2.24) is 41.5 Å². The van der Waals surface area contributed by atoms with E-state index in [1.807, 2.05) is 55.1 Å². The quantitative estimate of drug-likeness (QED) is 0.239. The number of nitrogens with zero attached hydrogens (tertiary/aromatic N) is 5. The third-order valence-corrected chi connectivity index (χ3v) is 11.5. The average molecular weight is 678 g/mol. The number of likely N-dealkylation sites (tertiary alicyclic amines) is 1. The van der Waals surface area contributed by atoms with Crippen LogP contribution in [-0.2, 0) is 23.1 Å². The van der Waals surface area contributed by atoms with Crippen molar-refractivity contribution < 1.29 is 14.4 Å². The molecule has 3 aromatic rings. The van der Waals surface area contributed by atoms with Crippen molar-refractivity contribution in [2.24, 2.45) is 11.8 Å². The maximum absolute atomic E-state index is 13.8. The lowest BCUT2D eigenvalue weighted by Gasteiger charge is -2.41. The van der Waals surface area contributed by atoms with Gasteiger partial charge in [0.25, 0.3) is 11.8 Å². The van der Waals surface area contributed by atoms with Gasteiger partial charge in [-0.15, -0.1) is 5.10 Å².